The van der Waals surface area contributed by atoms with E-state index in [1.165, 1.54) is 24.4 Å². The van der Waals surface area contributed by atoms with Crippen molar-refractivity contribution in [2.24, 2.45) is 11.7 Å². The molecular formula is C22H25F2N3O4. The van der Waals surface area contributed by atoms with Gasteiger partial charge in [0.05, 0.1) is 12.2 Å². The molecule has 0 aliphatic carbocycles. The highest BCUT2D eigenvalue weighted by Gasteiger charge is 2.51. The van der Waals surface area contributed by atoms with Crippen molar-refractivity contribution >= 4 is 17.5 Å². The molecule has 166 valence electrons. The van der Waals surface area contributed by atoms with Crippen molar-refractivity contribution in [3.8, 4) is 5.75 Å². The topological polar surface area (TPSA) is 104 Å². The second-order valence-electron chi connectivity index (χ2n) is 7.95. The fourth-order valence-electron chi connectivity index (χ4n) is 3.81. The van der Waals surface area contributed by atoms with Crippen molar-refractivity contribution in [2.75, 3.05) is 11.9 Å². The number of nitrogens with one attached hydrogen (secondary N) is 1. The number of carbonyl (C=O) groups is 2. The number of ether oxygens (including phenoxy) is 2. The number of aromatic nitrogens is 1. The number of anilines is 1. The Kier molecular flexibility index (Phi) is 6.26. The summed E-state index contributed by atoms with van der Waals surface area (Å²) in [5.74, 6) is -4.43. The first-order chi connectivity index (χ1) is 14.6. The molecule has 1 saturated heterocycles. The number of amides is 2. The third kappa shape index (κ3) is 4.36. The van der Waals surface area contributed by atoms with Crippen LogP contribution in [0.1, 0.15) is 49.7 Å². The van der Waals surface area contributed by atoms with Gasteiger partial charge in [-0.2, -0.15) is 4.39 Å². The van der Waals surface area contributed by atoms with Crippen LogP contribution in [0.25, 0.3) is 0 Å². The van der Waals surface area contributed by atoms with E-state index in [0.29, 0.717) is 11.3 Å². The Morgan fingerprint density at radius 2 is 2.00 bits per heavy atom. The van der Waals surface area contributed by atoms with Crippen molar-refractivity contribution in [3.63, 3.8) is 0 Å². The van der Waals surface area contributed by atoms with Gasteiger partial charge in [0, 0.05) is 23.4 Å². The van der Waals surface area contributed by atoms with Crippen LogP contribution in [0.3, 0.4) is 0 Å². The number of nitrogens with zero attached hydrogens (tertiary/aromatic N) is 1. The summed E-state index contributed by atoms with van der Waals surface area (Å²) in [6.45, 7) is 7.33. The van der Waals surface area contributed by atoms with Gasteiger partial charge in [-0.25, -0.2) is 4.39 Å². The molecule has 0 radical (unpaired) electrons. The molecule has 1 aromatic heterocycles. The molecule has 9 heteroatoms. The summed E-state index contributed by atoms with van der Waals surface area (Å²) in [7, 11) is 0. The van der Waals surface area contributed by atoms with Crippen LogP contribution in [0.4, 0.5) is 14.5 Å². The highest BCUT2D eigenvalue weighted by Crippen LogP contribution is 2.49. The first-order valence-corrected chi connectivity index (χ1v) is 9.92. The number of rotatable bonds is 6. The fourth-order valence-corrected chi connectivity index (χ4v) is 3.81. The smallest absolute Gasteiger partial charge is 0.267 e. The van der Waals surface area contributed by atoms with Crippen LogP contribution in [-0.4, -0.2) is 35.1 Å². The zero-order valence-electron chi connectivity index (χ0n) is 17.7. The number of nitrogens with two attached hydrogens (primary N) is 1. The molecule has 7 nitrogen and oxygen atoms in total. The monoisotopic (exact) mass is 433 g/mol. The maximum absolute atomic E-state index is 14.5. The Morgan fingerprint density at radius 1 is 1.29 bits per heavy atom. The predicted molar refractivity (Wildman–Crippen MR) is 110 cm³/mol. The van der Waals surface area contributed by atoms with Crippen molar-refractivity contribution in [1.82, 2.24) is 4.98 Å². The highest BCUT2D eigenvalue weighted by molar-refractivity contribution is 5.97. The Bertz CT molecular complexity index is 1010. The maximum Gasteiger partial charge on any atom is 0.267 e. The van der Waals surface area contributed by atoms with E-state index in [1.807, 2.05) is 20.8 Å². The van der Waals surface area contributed by atoms with E-state index < -0.39 is 41.1 Å². The molecule has 1 aliphatic rings. The van der Waals surface area contributed by atoms with E-state index in [1.54, 1.807) is 6.92 Å². The van der Waals surface area contributed by atoms with E-state index in [2.05, 4.69) is 10.3 Å². The first-order valence-electron chi connectivity index (χ1n) is 9.92. The van der Waals surface area contributed by atoms with E-state index in [-0.39, 0.29) is 24.0 Å². The van der Waals surface area contributed by atoms with Gasteiger partial charge in [0.2, 0.25) is 5.82 Å². The second kappa shape index (κ2) is 8.58. The first kappa shape index (κ1) is 22.6. The summed E-state index contributed by atoms with van der Waals surface area (Å²) in [5.41, 5.74) is 5.17. The van der Waals surface area contributed by atoms with Crippen LogP contribution < -0.4 is 15.8 Å². The number of carbonyl (C=O) groups excluding carboxylic acids is 2. The summed E-state index contributed by atoms with van der Waals surface area (Å²) in [6, 6.07) is 5.30. The van der Waals surface area contributed by atoms with Crippen molar-refractivity contribution in [1.29, 1.82) is 0 Å². The van der Waals surface area contributed by atoms with Gasteiger partial charge in [-0.15, -0.1) is 0 Å². The molecule has 0 unspecified atom stereocenters. The lowest BCUT2D eigenvalue weighted by molar-refractivity contribution is -0.131. The average molecular weight is 433 g/mol. The molecule has 0 bridgehead atoms. The van der Waals surface area contributed by atoms with Gasteiger partial charge in [-0.05, 0) is 44.9 Å². The zero-order valence-corrected chi connectivity index (χ0v) is 17.7. The molecule has 2 heterocycles. The van der Waals surface area contributed by atoms with E-state index in [9.17, 15) is 18.4 Å². The van der Waals surface area contributed by atoms with Crippen LogP contribution in [0, 0.1) is 17.6 Å². The number of pyridine rings is 1. The summed E-state index contributed by atoms with van der Waals surface area (Å²) >= 11 is 0. The van der Waals surface area contributed by atoms with Crippen LogP contribution >= 0.6 is 0 Å². The third-order valence-electron chi connectivity index (χ3n) is 5.66. The van der Waals surface area contributed by atoms with E-state index in [4.69, 9.17) is 15.2 Å². The lowest BCUT2D eigenvalue weighted by atomic mass is 9.78. The maximum atomic E-state index is 14.5. The molecule has 0 saturated carbocycles. The van der Waals surface area contributed by atoms with E-state index in [0.717, 1.165) is 6.07 Å². The molecule has 0 spiro atoms. The third-order valence-corrected chi connectivity index (χ3v) is 5.66. The number of benzene rings is 1. The molecule has 3 atom stereocenters. The van der Waals surface area contributed by atoms with Crippen molar-refractivity contribution < 1.29 is 27.8 Å². The van der Waals surface area contributed by atoms with Gasteiger partial charge >= 0.3 is 0 Å². The van der Waals surface area contributed by atoms with Gasteiger partial charge in [0.25, 0.3) is 11.8 Å². The minimum atomic E-state index is -1.10. The number of primary amides is 1. The van der Waals surface area contributed by atoms with Crippen molar-refractivity contribution in [3.05, 3.63) is 53.4 Å². The standard InChI is InChI=1S/C22H25F2N3O4/c1-5-30-18-13(6-7-14(23)17(18)24)16-11(2)22(3,4)31-19(16)21(29)27-12-8-9-26-15(10-12)20(25)28/h6-11,16,19H,5H2,1-4H3,(H2,25,28)(H,26,27,29)/t11-,16+,19+/m1/s1. The normalized spacial score (nSPS) is 22.2. The van der Waals surface area contributed by atoms with Crippen LogP contribution in [0.15, 0.2) is 30.5 Å². The highest BCUT2D eigenvalue weighted by atomic mass is 19.2. The summed E-state index contributed by atoms with van der Waals surface area (Å²) < 4.78 is 39.8. The van der Waals surface area contributed by atoms with Gasteiger partial charge in [-0.3, -0.25) is 14.6 Å². The number of halogens is 2. The van der Waals surface area contributed by atoms with Crippen LogP contribution in [0.2, 0.25) is 0 Å². The minimum absolute atomic E-state index is 0.00498. The zero-order chi connectivity index (χ0) is 22.9. The Labute approximate surface area is 178 Å². The molecular weight excluding hydrogens is 408 g/mol. The van der Waals surface area contributed by atoms with Crippen LogP contribution in [0.5, 0.6) is 5.75 Å². The van der Waals surface area contributed by atoms with Gasteiger partial charge in [0.1, 0.15) is 11.8 Å². The minimum Gasteiger partial charge on any atom is -0.490 e. The average Bonchev–Trinajstić information content (AvgIpc) is 2.96. The molecule has 31 heavy (non-hydrogen) atoms. The molecule has 3 rings (SSSR count). The summed E-state index contributed by atoms with van der Waals surface area (Å²) in [6.07, 6.45) is 0.330. The largest absolute Gasteiger partial charge is 0.490 e. The molecule has 1 aliphatic heterocycles. The Morgan fingerprint density at radius 3 is 2.65 bits per heavy atom. The molecule has 2 amide bonds. The molecule has 1 fully saturated rings. The number of hydrogen-bond donors (Lipinski definition) is 2. The van der Waals surface area contributed by atoms with Gasteiger partial charge in [-0.1, -0.05) is 13.0 Å². The summed E-state index contributed by atoms with van der Waals surface area (Å²) in [5, 5.41) is 2.69. The Hall–Kier alpha value is -3.07. The van der Waals surface area contributed by atoms with Gasteiger partial charge in [0.15, 0.2) is 11.6 Å². The summed E-state index contributed by atoms with van der Waals surface area (Å²) in [4.78, 5) is 28.4. The second-order valence-corrected chi connectivity index (χ2v) is 7.95. The van der Waals surface area contributed by atoms with Crippen molar-refractivity contribution in [2.45, 2.75) is 45.3 Å². The quantitative estimate of drug-likeness (QED) is 0.727. The Balaban J connectivity index is 1.99. The predicted octanol–water partition coefficient (Wildman–Crippen LogP) is 3.39. The molecule has 2 aromatic rings. The van der Waals surface area contributed by atoms with E-state index >= 15 is 0 Å². The van der Waals surface area contributed by atoms with Crippen LogP contribution in [-0.2, 0) is 9.53 Å². The molecule has 1 aromatic carbocycles. The molecule has 3 N–H and O–H groups in total. The fraction of sp³-hybridized carbons (Fsp3) is 0.409. The van der Waals surface area contributed by atoms with Gasteiger partial charge < -0.3 is 20.5 Å². The SMILES string of the molecule is CCOc1c([C@H]2[C@@H](C(=O)Nc3ccnc(C(N)=O)c3)OC(C)(C)[C@@H]2C)ccc(F)c1F. The lowest BCUT2D eigenvalue weighted by Gasteiger charge is -2.26. The number of hydrogen-bond acceptors (Lipinski definition) is 5. The lowest BCUT2D eigenvalue weighted by Crippen LogP contribution is -2.33.